The number of hydrogen-bond donors (Lipinski definition) is 1. The SMILES string of the molecule is CCC(CC(N)=S)N1C(=O)CC(C)(c2ccccc2)C1=O. The van der Waals surface area contributed by atoms with Gasteiger partial charge >= 0.3 is 0 Å². The molecular weight excluding hydrogens is 284 g/mol. The van der Waals surface area contributed by atoms with Gasteiger partial charge in [-0.05, 0) is 18.9 Å². The fourth-order valence-corrected chi connectivity index (χ4v) is 3.09. The van der Waals surface area contributed by atoms with Gasteiger partial charge in [0.05, 0.1) is 10.4 Å². The van der Waals surface area contributed by atoms with Crippen molar-refractivity contribution in [3.63, 3.8) is 0 Å². The van der Waals surface area contributed by atoms with Crippen LogP contribution >= 0.6 is 12.2 Å². The van der Waals surface area contributed by atoms with Crippen LogP contribution in [0.2, 0.25) is 0 Å². The highest BCUT2D eigenvalue weighted by molar-refractivity contribution is 7.80. The molecule has 1 heterocycles. The van der Waals surface area contributed by atoms with Crippen LogP contribution < -0.4 is 5.73 Å². The van der Waals surface area contributed by atoms with Crippen LogP contribution in [0.5, 0.6) is 0 Å². The number of rotatable bonds is 5. The normalized spacial score (nSPS) is 23.4. The molecule has 1 aromatic rings. The molecular formula is C16H20N2O2S. The third-order valence-electron chi connectivity index (χ3n) is 4.15. The van der Waals surface area contributed by atoms with Gasteiger partial charge in [-0.1, -0.05) is 49.5 Å². The van der Waals surface area contributed by atoms with Gasteiger partial charge in [-0.15, -0.1) is 0 Å². The first-order valence-corrected chi connectivity index (χ1v) is 7.51. The highest BCUT2D eigenvalue weighted by atomic mass is 32.1. The fraction of sp³-hybridized carbons (Fsp3) is 0.438. The first kappa shape index (κ1) is 15.6. The van der Waals surface area contributed by atoms with E-state index >= 15 is 0 Å². The predicted octanol–water partition coefficient (Wildman–Crippen LogP) is 2.16. The Balaban J connectivity index is 2.34. The van der Waals surface area contributed by atoms with Crippen molar-refractivity contribution in [1.29, 1.82) is 0 Å². The van der Waals surface area contributed by atoms with Crippen molar-refractivity contribution in [2.45, 2.75) is 44.6 Å². The molecule has 0 aliphatic carbocycles. The second-order valence-corrected chi connectivity index (χ2v) is 6.20. The van der Waals surface area contributed by atoms with Gasteiger partial charge < -0.3 is 5.73 Å². The second kappa shape index (κ2) is 5.93. The van der Waals surface area contributed by atoms with E-state index in [0.29, 0.717) is 17.8 Å². The summed E-state index contributed by atoms with van der Waals surface area (Å²) < 4.78 is 0. The Bertz CT molecular complexity index is 573. The van der Waals surface area contributed by atoms with Crippen molar-refractivity contribution in [3.8, 4) is 0 Å². The summed E-state index contributed by atoms with van der Waals surface area (Å²) in [6, 6.07) is 9.20. The summed E-state index contributed by atoms with van der Waals surface area (Å²) in [7, 11) is 0. The number of carbonyl (C=O) groups excluding carboxylic acids is 2. The van der Waals surface area contributed by atoms with Crippen molar-refractivity contribution >= 4 is 29.0 Å². The maximum atomic E-state index is 12.8. The third kappa shape index (κ3) is 2.83. The van der Waals surface area contributed by atoms with Crippen LogP contribution in [-0.2, 0) is 15.0 Å². The molecule has 2 N–H and O–H groups in total. The highest BCUT2D eigenvalue weighted by Crippen LogP contribution is 2.37. The minimum atomic E-state index is -0.790. The number of amides is 2. The number of hydrogen-bond acceptors (Lipinski definition) is 3. The molecule has 0 spiro atoms. The van der Waals surface area contributed by atoms with E-state index < -0.39 is 5.41 Å². The zero-order valence-corrected chi connectivity index (χ0v) is 13.2. The lowest BCUT2D eigenvalue weighted by atomic mass is 9.81. The van der Waals surface area contributed by atoms with Crippen molar-refractivity contribution in [3.05, 3.63) is 35.9 Å². The fourth-order valence-electron chi connectivity index (χ4n) is 2.89. The molecule has 1 fully saturated rings. The molecule has 2 rings (SSSR count). The minimum Gasteiger partial charge on any atom is -0.393 e. The first-order chi connectivity index (χ1) is 9.90. The Hall–Kier alpha value is -1.75. The third-order valence-corrected chi connectivity index (χ3v) is 4.32. The Labute approximate surface area is 130 Å². The van der Waals surface area contributed by atoms with Crippen molar-refractivity contribution < 1.29 is 9.59 Å². The van der Waals surface area contributed by atoms with Crippen molar-refractivity contribution in [2.24, 2.45) is 5.73 Å². The molecule has 2 unspecified atom stereocenters. The van der Waals surface area contributed by atoms with Gasteiger partial charge in [-0.25, -0.2) is 0 Å². The molecule has 4 nitrogen and oxygen atoms in total. The number of carbonyl (C=O) groups is 2. The van der Waals surface area contributed by atoms with Crippen LogP contribution in [0.25, 0.3) is 0 Å². The van der Waals surface area contributed by atoms with Gasteiger partial charge in [0.25, 0.3) is 0 Å². The summed E-state index contributed by atoms with van der Waals surface area (Å²) in [5.41, 5.74) is 5.67. The average Bonchev–Trinajstić information content (AvgIpc) is 2.68. The maximum Gasteiger partial charge on any atom is 0.240 e. The van der Waals surface area contributed by atoms with Crippen LogP contribution in [0.3, 0.4) is 0 Å². The summed E-state index contributed by atoms with van der Waals surface area (Å²) in [5, 5.41) is 0. The molecule has 1 aromatic carbocycles. The van der Waals surface area contributed by atoms with Crippen molar-refractivity contribution in [1.82, 2.24) is 4.90 Å². The Morgan fingerprint density at radius 1 is 1.38 bits per heavy atom. The van der Waals surface area contributed by atoms with Crippen molar-refractivity contribution in [2.75, 3.05) is 0 Å². The van der Waals surface area contributed by atoms with Crippen LogP contribution in [0, 0.1) is 0 Å². The van der Waals surface area contributed by atoms with E-state index in [-0.39, 0.29) is 24.3 Å². The highest BCUT2D eigenvalue weighted by Gasteiger charge is 2.51. The van der Waals surface area contributed by atoms with Gasteiger partial charge in [0.2, 0.25) is 11.8 Å². The molecule has 2 atom stereocenters. The van der Waals surface area contributed by atoms with Crippen LogP contribution in [0.15, 0.2) is 30.3 Å². The van der Waals surface area contributed by atoms with Crippen LogP contribution in [0.4, 0.5) is 0 Å². The molecule has 1 aliphatic rings. The van der Waals surface area contributed by atoms with E-state index in [0.717, 1.165) is 5.56 Å². The maximum absolute atomic E-state index is 12.8. The lowest BCUT2D eigenvalue weighted by Gasteiger charge is -2.28. The molecule has 1 aliphatic heterocycles. The first-order valence-electron chi connectivity index (χ1n) is 7.10. The van der Waals surface area contributed by atoms with E-state index in [9.17, 15) is 9.59 Å². The molecule has 21 heavy (non-hydrogen) atoms. The average molecular weight is 304 g/mol. The molecule has 2 amide bonds. The largest absolute Gasteiger partial charge is 0.393 e. The Morgan fingerprint density at radius 3 is 2.52 bits per heavy atom. The topological polar surface area (TPSA) is 63.4 Å². The van der Waals surface area contributed by atoms with E-state index in [2.05, 4.69) is 0 Å². The monoisotopic (exact) mass is 304 g/mol. The Morgan fingerprint density at radius 2 is 2.00 bits per heavy atom. The lowest BCUT2D eigenvalue weighted by Crippen LogP contribution is -2.44. The number of likely N-dealkylation sites (tertiary alicyclic amines) is 1. The van der Waals surface area contributed by atoms with E-state index in [1.807, 2.05) is 44.2 Å². The number of imide groups is 1. The zero-order chi connectivity index (χ0) is 15.6. The summed E-state index contributed by atoms with van der Waals surface area (Å²) in [4.78, 5) is 26.9. The molecule has 112 valence electrons. The predicted molar refractivity (Wildman–Crippen MR) is 85.7 cm³/mol. The lowest BCUT2D eigenvalue weighted by molar-refractivity contribution is -0.142. The number of nitrogens with two attached hydrogens (primary N) is 1. The second-order valence-electron chi connectivity index (χ2n) is 5.68. The minimum absolute atomic E-state index is 0.144. The summed E-state index contributed by atoms with van der Waals surface area (Å²) in [6.07, 6.45) is 1.23. The smallest absolute Gasteiger partial charge is 0.240 e. The van der Waals surface area contributed by atoms with Crippen LogP contribution in [0.1, 0.15) is 38.7 Å². The van der Waals surface area contributed by atoms with E-state index in [1.54, 1.807) is 0 Å². The molecule has 0 bridgehead atoms. The quantitative estimate of drug-likeness (QED) is 0.669. The molecule has 0 saturated carbocycles. The summed E-state index contributed by atoms with van der Waals surface area (Å²) >= 11 is 4.93. The molecule has 5 heteroatoms. The van der Waals surface area contributed by atoms with Gasteiger partial charge in [-0.2, -0.15) is 0 Å². The number of benzene rings is 1. The van der Waals surface area contributed by atoms with Gasteiger partial charge in [0, 0.05) is 18.9 Å². The van der Waals surface area contributed by atoms with E-state index in [1.165, 1.54) is 4.90 Å². The number of nitrogens with zero attached hydrogens (tertiary/aromatic N) is 1. The van der Waals surface area contributed by atoms with Gasteiger partial charge in [0.1, 0.15) is 0 Å². The molecule has 0 radical (unpaired) electrons. The molecule has 0 aromatic heterocycles. The summed E-state index contributed by atoms with van der Waals surface area (Å²) in [6.45, 7) is 3.76. The Kier molecular flexibility index (Phi) is 4.42. The summed E-state index contributed by atoms with van der Waals surface area (Å²) in [5.74, 6) is -0.295. The zero-order valence-electron chi connectivity index (χ0n) is 12.3. The molecule has 1 saturated heterocycles. The number of thiocarbonyl (C=S) groups is 1. The van der Waals surface area contributed by atoms with Gasteiger partial charge in [-0.3, -0.25) is 14.5 Å². The standard InChI is InChI=1S/C16H20N2O2S/c1-3-12(9-13(17)21)18-14(19)10-16(2,15(18)20)11-7-5-4-6-8-11/h4-8,12H,3,9-10H2,1-2H3,(H2,17,21). The van der Waals surface area contributed by atoms with Gasteiger partial charge in [0.15, 0.2) is 0 Å². The van der Waals surface area contributed by atoms with E-state index in [4.69, 9.17) is 18.0 Å². The van der Waals surface area contributed by atoms with Crippen LogP contribution in [-0.4, -0.2) is 27.7 Å².